The highest BCUT2D eigenvalue weighted by molar-refractivity contribution is 5.85. The number of rotatable bonds is 8. The molecule has 1 amide bonds. The molecule has 0 spiro atoms. The fourth-order valence-electron chi connectivity index (χ4n) is 1.86. The lowest BCUT2D eigenvalue weighted by Crippen LogP contribution is -2.53. The summed E-state index contributed by atoms with van der Waals surface area (Å²) in [7, 11) is 0. The third kappa shape index (κ3) is 5.57. The first-order valence-electron chi connectivity index (χ1n) is 7.09. The molecule has 1 aromatic rings. The van der Waals surface area contributed by atoms with Crippen molar-refractivity contribution < 1.29 is 23.4 Å². The second-order valence-electron chi connectivity index (χ2n) is 5.42. The van der Waals surface area contributed by atoms with Crippen molar-refractivity contribution in [2.45, 2.75) is 38.3 Å². The third-order valence-corrected chi connectivity index (χ3v) is 3.12. The van der Waals surface area contributed by atoms with Crippen LogP contribution >= 0.6 is 0 Å². The maximum absolute atomic E-state index is 13.0. The summed E-state index contributed by atoms with van der Waals surface area (Å²) in [6.45, 7) is 3.33. The van der Waals surface area contributed by atoms with Crippen molar-refractivity contribution in [3.63, 3.8) is 0 Å². The first-order valence-corrected chi connectivity index (χ1v) is 7.09. The van der Waals surface area contributed by atoms with Gasteiger partial charge in [0.1, 0.15) is 18.5 Å². The van der Waals surface area contributed by atoms with Gasteiger partial charge in [-0.3, -0.25) is 4.79 Å². The van der Waals surface area contributed by atoms with Crippen LogP contribution in [-0.2, 0) is 4.79 Å². The molecule has 2 unspecified atom stereocenters. The van der Waals surface area contributed by atoms with E-state index in [1.54, 1.807) is 6.92 Å². The summed E-state index contributed by atoms with van der Waals surface area (Å²) in [6, 6.07) is 3.07. The van der Waals surface area contributed by atoms with Crippen molar-refractivity contribution in [3.05, 3.63) is 29.8 Å². The fourth-order valence-corrected chi connectivity index (χ4v) is 1.86. The van der Waals surface area contributed by atoms with Gasteiger partial charge in [0.2, 0.25) is 5.91 Å². The summed E-state index contributed by atoms with van der Waals surface area (Å²) < 4.78 is 30.8. The van der Waals surface area contributed by atoms with E-state index >= 15 is 0 Å². The molecule has 0 heterocycles. The highest BCUT2D eigenvalue weighted by Crippen LogP contribution is 2.15. The average Bonchev–Trinajstić information content (AvgIpc) is 2.45. The summed E-state index contributed by atoms with van der Waals surface area (Å²) in [5.41, 5.74) is 4.86. The van der Waals surface area contributed by atoms with Crippen LogP contribution < -0.4 is 15.8 Å². The summed E-state index contributed by atoms with van der Waals surface area (Å²) in [5, 5.41) is 12.3. The van der Waals surface area contributed by atoms with Crippen molar-refractivity contribution in [1.29, 1.82) is 0 Å². The van der Waals surface area contributed by atoms with Crippen LogP contribution in [0, 0.1) is 11.6 Å². The molecule has 0 aromatic heterocycles. The summed E-state index contributed by atoms with van der Waals surface area (Å²) in [6.07, 6.45) is 0.303. The Morgan fingerprint density at radius 3 is 2.73 bits per heavy atom. The molecule has 2 atom stereocenters. The van der Waals surface area contributed by atoms with Gasteiger partial charge in [-0.25, -0.2) is 8.78 Å². The number of aliphatic hydroxyl groups is 1. The monoisotopic (exact) mass is 316 g/mol. The van der Waals surface area contributed by atoms with Crippen LogP contribution in [0.25, 0.3) is 0 Å². The maximum Gasteiger partial charge on any atom is 0.239 e. The molecule has 0 saturated heterocycles. The normalized spacial score (nSPS) is 15.0. The van der Waals surface area contributed by atoms with E-state index in [-0.39, 0.29) is 24.8 Å². The molecule has 1 rings (SSSR count). The van der Waals surface area contributed by atoms with Crippen molar-refractivity contribution in [2.75, 3.05) is 13.2 Å². The molecule has 4 N–H and O–H groups in total. The number of ether oxygens (including phenoxy) is 1. The SMILES string of the molecule is CCCC(C)(N)C(=O)NCC(O)COc1ccc(F)c(F)c1. The average molecular weight is 316 g/mol. The largest absolute Gasteiger partial charge is 0.491 e. The molecular formula is C15H22F2N2O3. The van der Waals surface area contributed by atoms with Crippen LogP contribution in [0.3, 0.4) is 0 Å². The van der Waals surface area contributed by atoms with Crippen LogP contribution in [-0.4, -0.2) is 35.8 Å². The van der Waals surface area contributed by atoms with Gasteiger partial charge in [0, 0.05) is 12.6 Å². The summed E-state index contributed by atoms with van der Waals surface area (Å²) >= 11 is 0. The summed E-state index contributed by atoms with van der Waals surface area (Å²) in [5.74, 6) is -2.27. The van der Waals surface area contributed by atoms with E-state index in [9.17, 15) is 18.7 Å². The molecule has 1 aromatic carbocycles. The topological polar surface area (TPSA) is 84.6 Å². The van der Waals surface area contributed by atoms with E-state index < -0.39 is 23.3 Å². The number of nitrogens with one attached hydrogen (secondary N) is 1. The Hall–Kier alpha value is -1.73. The number of nitrogens with two attached hydrogens (primary N) is 1. The number of aliphatic hydroxyl groups excluding tert-OH is 1. The third-order valence-electron chi connectivity index (χ3n) is 3.12. The molecule has 0 aliphatic heterocycles. The molecule has 0 bridgehead atoms. The Bertz CT molecular complexity index is 510. The second kappa shape index (κ2) is 8.05. The van der Waals surface area contributed by atoms with E-state index in [0.717, 1.165) is 18.6 Å². The van der Waals surface area contributed by atoms with E-state index in [1.807, 2.05) is 6.92 Å². The van der Waals surface area contributed by atoms with E-state index in [1.165, 1.54) is 6.07 Å². The van der Waals surface area contributed by atoms with Gasteiger partial charge in [-0.05, 0) is 25.5 Å². The van der Waals surface area contributed by atoms with E-state index in [2.05, 4.69) is 5.32 Å². The number of hydrogen-bond donors (Lipinski definition) is 3. The highest BCUT2D eigenvalue weighted by Gasteiger charge is 2.27. The van der Waals surface area contributed by atoms with E-state index in [4.69, 9.17) is 10.5 Å². The van der Waals surface area contributed by atoms with Gasteiger partial charge >= 0.3 is 0 Å². The van der Waals surface area contributed by atoms with Crippen molar-refractivity contribution in [3.8, 4) is 5.75 Å². The van der Waals surface area contributed by atoms with Crippen molar-refractivity contribution >= 4 is 5.91 Å². The fraction of sp³-hybridized carbons (Fsp3) is 0.533. The number of hydrogen-bond acceptors (Lipinski definition) is 4. The summed E-state index contributed by atoms with van der Waals surface area (Å²) in [4.78, 5) is 11.8. The maximum atomic E-state index is 13.0. The zero-order chi connectivity index (χ0) is 16.8. The van der Waals surface area contributed by atoms with Crippen molar-refractivity contribution in [1.82, 2.24) is 5.32 Å². The number of carbonyl (C=O) groups excluding carboxylic acids is 1. The minimum atomic E-state index is -1.03. The molecule has 0 aliphatic carbocycles. The lowest BCUT2D eigenvalue weighted by Gasteiger charge is -2.23. The molecular weight excluding hydrogens is 294 g/mol. The Balaban J connectivity index is 2.38. The van der Waals surface area contributed by atoms with Gasteiger partial charge in [0.05, 0.1) is 5.54 Å². The highest BCUT2D eigenvalue weighted by atomic mass is 19.2. The lowest BCUT2D eigenvalue weighted by atomic mass is 9.96. The molecule has 0 radical (unpaired) electrons. The molecule has 22 heavy (non-hydrogen) atoms. The van der Waals surface area contributed by atoms with Gasteiger partial charge in [-0.1, -0.05) is 13.3 Å². The Morgan fingerprint density at radius 2 is 2.14 bits per heavy atom. The van der Waals surface area contributed by atoms with Gasteiger partial charge in [-0.2, -0.15) is 0 Å². The smallest absolute Gasteiger partial charge is 0.239 e. The van der Waals surface area contributed by atoms with Crippen LogP contribution in [0.15, 0.2) is 18.2 Å². The zero-order valence-electron chi connectivity index (χ0n) is 12.7. The molecule has 5 nitrogen and oxygen atoms in total. The predicted molar refractivity (Wildman–Crippen MR) is 78.4 cm³/mol. The molecule has 0 fully saturated rings. The molecule has 124 valence electrons. The Morgan fingerprint density at radius 1 is 1.45 bits per heavy atom. The standard InChI is InChI=1S/C15H22F2N2O3/c1-3-6-15(2,18)14(21)19-8-10(20)9-22-11-4-5-12(16)13(17)7-11/h4-5,7,10,20H,3,6,8-9,18H2,1-2H3,(H,19,21). The quantitative estimate of drug-likeness (QED) is 0.676. The van der Waals surface area contributed by atoms with Crippen LogP contribution in [0.5, 0.6) is 5.75 Å². The van der Waals surface area contributed by atoms with Gasteiger partial charge in [-0.15, -0.1) is 0 Å². The molecule has 0 aliphatic rings. The predicted octanol–water partition coefficient (Wildman–Crippen LogP) is 1.34. The van der Waals surface area contributed by atoms with Crippen LogP contribution in [0.4, 0.5) is 8.78 Å². The van der Waals surface area contributed by atoms with Crippen LogP contribution in [0.2, 0.25) is 0 Å². The van der Waals surface area contributed by atoms with Gasteiger partial charge in [0.15, 0.2) is 11.6 Å². The number of benzene rings is 1. The van der Waals surface area contributed by atoms with Crippen molar-refractivity contribution in [2.24, 2.45) is 5.73 Å². The van der Waals surface area contributed by atoms with Gasteiger partial charge < -0.3 is 20.9 Å². The first kappa shape index (κ1) is 18.3. The minimum Gasteiger partial charge on any atom is -0.491 e. The number of amides is 1. The van der Waals surface area contributed by atoms with Gasteiger partial charge in [0.25, 0.3) is 0 Å². The molecule has 7 heteroatoms. The zero-order valence-corrected chi connectivity index (χ0v) is 12.7. The lowest BCUT2D eigenvalue weighted by molar-refractivity contribution is -0.126. The minimum absolute atomic E-state index is 0.0426. The number of carbonyl (C=O) groups is 1. The van der Waals surface area contributed by atoms with Crippen LogP contribution in [0.1, 0.15) is 26.7 Å². The Labute approximate surface area is 128 Å². The Kier molecular flexibility index (Phi) is 6.70. The second-order valence-corrected chi connectivity index (χ2v) is 5.42. The first-order chi connectivity index (χ1) is 10.3. The number of halogens is 2. The molecule has 0 saturated carbocycles. The van der Waals surface area contributed by atoms with E-state index in [0.29, 0.717) is 6.42 Å².